The monoisotopic (exact) mass is 200 g/mol. The summed E-state index contributed by atoms with van der Waals surface area (Å²) in [7, 11) is 0. The lowest BCUT2D eigenvalue weighted by Crippen LogP contribution is -2.26. The third kappa shape index (κ3) is 3.42. The van der Waals surface area contributed by atoms with Crippen LogP contribution in [0, 0.1) is 6.92 Å². The summed E-state index contributed by atoms with van der Waals surface area (Å²) in [4.78, 5) is 5.40. The number of hydrogen-bond donors (Lipinski definition) is 2. The summed E-state index contributed by atoms with van der Waals surface area (Å²) in [6.45, 7) is 6.47. The second-order valence-electron chi connectivity index (χ2n) is 3.26. The number of thiazole rings is 1. The molecule has 0 bridgehead atoms. The van der Waals surface area contributed by atoms with Crippen molar-refractivity contribution in [1.29, 1.82) is 0 Å². The summed E-state index contributed by atoms with van der Waals surface area (Å²) in [5.74, 6) is 0. The highest BCUT2D eigenvalue weighted by Crippen LogP contribution is 2.19. The fourth-order valence-corrected chi connectivity index (χ4v) is 1.84. The van der Waals surface area contributed by atoms with E-state index >= 15 is 0 Å². The SMILES string of the molecule is Cc1ncc(C(C)NC[C@@H](C)O)s1. The van der Waals surface area contributed by atoms with E-state index in [1.807, 2.05) is 13.1 Å². The predicted molar refractivity (Wildman–Crippen MR) is 54.9 cm³/mol. The number of aryl methyl sites for hydroxylation is 1. The van der Waals surface area contributed by atoms with Gasteiger partial charge in [-0.05, 0) is 20.8 Å². The van der Waals surface area contributed by atoms with Crippen LogP contribution in [-0.2, 0) is 0 Å². The van der Waals surface area contributed by atoms with Gasteiger partial charge in [0.1, 0.15) is 0 Å². The Balaban J connectivity index is 2.44. The zero-order chi connectivity index (χ0) is 9.84. The molecule has 2 atom stereocenters. The van der Waals surface area contributed by atoms with Gasteiger partial charge in [-0.2, -0.15) is 0 Å². The van der Waals surface area contributed by atoms with Crippen molar-refractivity contribution in [3.63, 3.8) is 0 Å². The largest absolute Gasteiger partial charge is 0.392 e. The zero-order valence-corrected chi connectivity index (χ0v) is 9.06. The van der Waals surface area contributed by atoms with Gasteiger partial charge in [-0.3, -0.25) is 0 Å². The molecule has 1 aromatic heterocycles. The standard InChI is InChI=1S/C9H16N2OS/c1-6(12)4-10-7(2)9-5-11-8(3)13-9/h5-7,10,12H,4H2,1-3H3/t6-,7?/m1/s1. The van der Waals surface area contributed by atoms with E-state index < -0.39 is 0 Å². The van der Waals surface area contributed by atoms with Crippen molar-refractivity contribution < 1.29 is 5.11 Å². The molecule has 0 fully saturated rings. The summed E-state index contributed by atoms with van der Waals surface area (Å²) in [6, 6.07) is 0.279. The van der Waals surface area contributed by atoms with Gasteiger partial charge in [0, 0.05) is 23.7 Å². The van der Waals surface area contributed by atoms with E-state index in [9.17, 15) is 0 Å². The number of nitrogens with zero attached hydrogens (tertiary/aromatic N) is 1. The molecule has 0 spiro atoms. The van der Waals surface area contributed by atoms with Gasteiger partial charge in [0.2, 0.25) is 0 Å². The first kappa shape index (κ1) is 10.6. The van der Waals surface area contributed by atoms with Gasteiger partial charge >= 0.3 is 0 Å². The highest BCUT2D eigenvalue weighted by molar-refractivity contribution is 7.11. The van der Waals surface area contributed by atoms with E-state index in [-0.39, 0.29) is 12.1 Å². The molecule has 1 rings (SSSR count). The van der Waals surface area contributed by atoms with Crippen molar-refractivity contribution in [2.75, 3.05) is 6.54 Å². The molecule has 4 heteroatoms. The molecule has 3 nitrogen and oxygen atoms in total. The number of hydrogen-bond acceptors (Lipinski definition) is 4. The second kappa shape index (κ2) is 4.69. The summed E-state index contributed by atoms with van der Waals surface area (Å²) < 4.78 is 0. The first-order valence-electron chi connectivity index (χ1n) is 4.43. The lowest BCUT2D eigenvalue weighted by atomic mass is 10.3. The lowest BCUT2D eigenvalue weighted by Gasteiger charge is -2.12. The molecule has 1 unspecified atom stereocenters. The highest BCUT2D eigenvalue weighted by atomic mass is 32.1. The van der Waals surface area contributed by atoms with Crippen LogP contribution in [0.3, 0.4) is 0 Å². The molecular weight excluding hydrogens is 184 g/mol. The van der Waals surface area contributed by atoms with Gasteiger partial charge in [0.05, 0.1) is 11.1 Å². The molecule has 0 saturated heterocycles. The minimum atomic E-state index is -0.295. The van der Waals surface area contributed by atoms with Crippen LogP contribution in [0.25, 0.3) is 0 Å². The zero-order valence-electron chi connectivity index (χ0n) is 8.24. The summed E-state index contributed by atoms with van der Waals surface area (Å²) >= 11 is 1.69. The summed E-state index contributed by atoms with van der Waals surface area (Å²) in [6.07, 6.45) is 1.59. The maximum atomic E-state index is 9.08. The van der Waals surface area contributed by atoms with Gasteiger partial charge in [0.25, 0.3) is 0 Å². The molecule has 0 aliphatic heterocycles. The van der Waals surface area contributed by atoms with Gasteiger partial charge < -0.3 is 10.4 Å². The van der Waals surface area contributed by atoms with Crippen LogP contribution in [0.4, 0.5) is 0 Å². The molecule has 2 N–H and O–H groups in total. The lowest BCUT2D eigenvalue weighted by molar-refractivity contribution is 0.187. The Morgan fingerprint density at radius 2 is 2.31 bits per heavy atom. The van der Waals surface area contributed by atoms with Gasteiger partial charge in [-0.15, -0.1) is 11.3 Å². The molecular formula is C9H16N2OS. The molecule has 0 radical (unpaired) electrons. The third-order valence-corrected chi connectivity index (χ3v) is 2.88. The molecule has 0 aliphatic carbocycles. The minimum absolute atomic E-state index is 0.279. The maximum Gasteiger partial charge on any atom is 0.0897 e. The van der Waals surface area contributed by atoms with Crippen molar-refractivity contribution in [1.82, 2.24) is 10.3 Å². The molecule has 0 amide bonds. The topological polar surface area (TPSA) is 45.2 Å². The van der Waals surface area contributed by atoms with E-state index in [4.69, 9.17) is 5.11 Å². The van der Waals surface area contributed by atoms with Crippen LogP contribution in [0.15, 0.2) is 6.20 Å². The van der Waals surface area contributed by atoms with E-state index in [1.54, 1.807) is 18.3 Å². The first-order chi connectivity index (χ1) is 6.09. The van der Waals surface area contributed by atoms with Crippen LogP contribution in [0.1, 0.15) is 29.8 Å². The van der Waals surface area contributed by atoms with E-state index in [0.29, 0.717) is 6.54 Å². The minimum Gasteiger partial charge on any atom is -0.392 e. The van der Waals surface area contributed by atoms with Crippen LogP contribution < -0.4 is 5.32 Å². The van der Waals surface area contributed by atoms with Gasteiger partial charge in [-0.25, -0.2) is 4.98 Å². The molecule has 13 heavy (non-hydrogen) atoms. The van der Waals surface area contributed by atoms with Crippen molar-refractivity contribution in [2.24, 2.45) is 0 Å². The Morgan fingerprint density at radius 1 is 1.62 bits per heavy atom. The maximum absolute atomic E-state index is 9.08. The number of aliphatic hydroxyl groups excluding tert-OH is 1. The Hall–Kier alpha value is -0.450. The fourth-order valence-electron chi connectivity index (χ4n) is 1.03. The number of rotatable bonds is 4. The van der Waals surface area contributed by atoms with E-state index in [0.717, 1.165) is 5.01 Å². The normalized spacial score (nSPS) is 15.7. The number of nitrogens with one attached hydrogen (secondary N) is 1. The van der Waals surface area contributed by atoms with Crippen LogP contribution in [0.2, 0.25) is 0 Å². The second-order valence-corrected chi connectivity index (χ2v) is 4.53. The quantitative estimate of drug-likeness (QED) is 0.774. The van der Waals surface area contributed by atoms with Gasteiger partial charge in [-0.1, -0.05) is 0 Å². The Morgan fingerprint density at radius 3 is 2.77 bits per heavy atom. The van der Waals surface area contributed by atoms with E-state index in [1.165, 1.54) is 4.88 Å². The molecule has 0 saturated carbocycles. The van der Waals surface area contributed by atoms with Crippen molar-refractivity contribution in [2.45, 2.75) is 32.9 Å². The van der Waals surface area contributed by atoms with Crippen molar-refractivity contribution in [3.05, 3.63) is 16.1 Å². The Bertz CT molecular complexity index is 260. The Kier molecular flexibility index (Phi) is 3.84. The average Bonchev–Trinajstić information content (AvgIpc) is 2.47. The molecule has 0 aromatic carbocycles. The average molecular weight is 200 g/mol. The predicted octanol–water partition coefficient (Wildman–Crippen LogP) is 1.48. The number of aromatic nitrogens is 1. The van der Waals surface area contributed by atoms with Crippen LogP contribution in [0.5, 0.6) is 0 Å². The first-order valence-corrected chi connectivity index (χ1v) is 5.25. The van der Waals surface area contributed by atoms with Crippen LogP contribution >= 0.6 is 11.3 Å². The van der Waals surface area contributed by atoms with Crippen LogP contribution in [-0.4, -0.2) is 22.7 Å². The molecule has 1 heterocycles. The third-order valence-electron chi connectivity index (χ3n) is 1.79. The summed E-state index contributed by atoms with van der Waals surface area (Å²) in [5.41, 5.74) is 0. The molecule has 0 aliphatic rings. The fraction of sp³-hybridized carbons (Fsp3) is 0.667. The molecule has 1 aromatic rings. The molecule has 74 valence electrons. The smallest absolute Gasteiger partial charge is 0.0897 e. The summed E-state index contributed by atoms with van der Waals surface area (Å²) in [5, 5.41) is 13.4. The number of aliphatic hydroxyl groups is 1. The van der Waals surface area contributed by atoms with Gasteiger partial charge in [0.15, 0.2) is 0 Å². The van der Waals surface area contributed by atoms with Crippen molar-refractivity contribution >= 4 is 11.3 Å². The van der Waals surface area contributed by atoms with Crippen molar-refractivity contribution in [3.8, 4) is 0 Å². The Labute approximate surface area is 82.8 Å². The highest BCUT2D eigenvalue weighted by Gasteiger charge is 2.08. The van der Waals surface area contributed by atoms with E-state index in [2.05, 4.69) is 17.2 Å².